The van der Waals surface area contributed by atoms with Crippen LogP contribution in [0.5, 0.6) is 5.75 Å². The van der Waals surface area contributed by atoms with Gasteiger partial charge in [0.05, 0.1) is 12.7 Å². The lowest BCUT2D eigenvalue weighted by molar-refractivity contribution is 0.416. The Morgan fingerprint density at radius 1 is 1.50 bits per heavy atom. The first kappa shape index (κ1) is 13.1. The van der Waals surface area contributed by atoms with Crippen LogP contribution in [0.1, 0.15) is 18.2 Å². The molecule has 0 spiro atoms. The smallest absolute Gasteiger partial charge is 0.166 e. The van der Waals surface area contributed by atoms with Crippen molar-refractivity contribution in [2.24, 2.45) is 0 Å². The Kier molecular flexibility index (Phi) is 4.00. The molecule has 3 nitrogen and oxygen atoms in total. The van der Waals surface area contributed by atoms with Crippen LogP contribution in [0.15, 0.2) is 22.0 Å². The summed E-state index contributed by atoms with van der Waals surface area (Å²) in [5.74, 6) is 0.776. The molecule has 5 heteroatoms. The summed E-state index contributed by atoms with van der Waals surface area (Å²) in [4.78, 5) is 4.31. The molecule has 0 radical (unpaired) electrons. The fraction of sp³-hybridized carbons (Fsp3) is 0.231. The second kappa shape index (κ2) is 5.51. The molecule has 0 aliphatic rings. The van der Waals surface area contributed by atoms with Crippen molar-refractivity contribution in [2.45, 2.75) is 13.3 Å². The molecule has 0 aliphatic carbocycles. The molecule has 92 valence electrons. The number of rotatable bonds is 3. The Bertz CT molecular complexity index is 616. The molecule has 2 aromatic rings. The highest BCUT2D eigenvalue weighted by atomic mass is 79.9. The minimum atomic E-state index is 0.416. The molecular weight excluding hydrogens is 312 g/mol. The molecule has 0 bridgehead atoms. The third-order valence-corrected chi connectivity index (χ3v) is 4.33. The molecule has 2 rings (SSSR count). The van der Waals surface area contributed by atoms with E-state index in [1.165, 1.54) is 16.9 Å². The minimum Gasteiger partial charge on any atom is -0.496 e. The number of methoxy groups -OCH3 is 1. The summed E-state index contributed by atoms with van der Waals surface area (Å²) in [6.45, 7) is 2.10. The standard InChI is InChI=1S/C13H11BrN2OS/c1-3-8-4-5-11(17-2)9(6-8)13-16-10(7-15)12(14)18-13/h4-6H,3H2,1-2H3. The molecule has 0 saturated carbocycles. The summed E-state index contributed by atoms with van der Waals surface area (Å²) >= 11 is 4.79. The van der Waals surface area contributed by atoms with Crippen LogP contribution in [0.2, 0.25) is 0 Å². The van der Waals surface area contributed by atoms with Gasteiger partial charge in [-0.2, -0.15) is 5.26 Å². The number of hydrogen-bond acceptors (Lipinski definition) is 4. The van der Waals surface area contributed by atoms with Crippen molar-refractivity contribution < 1.29 is 4.74 Å². The first-order valence-corrected chi connectivity index (χ1v) is 7.04. The summed E-state index contributed by atoms with van der Waals surface area (Å²) in [6, 6.07) is 8.10. The second-order valence-corrected chi connectivity index (χ2v) is 5.96. The average Bonchev–Trinajstić information content (AvgIpc) is 2.79. The van der Waals surface area contributed by atoms with Crippen LogP contribution in [0.3, 0.4) is 0 Å². The molecule has 1 aromatic carbocycles. The number of nitrogens with zero attached hydrogens (tertiary/aromatic N) is 2. The van der Waals surface area contributed by atoms with Gasteiger partial charge in [0.25, 0.3) is 0 Å². The fourth-order valence-electron chi connectivity index (χ4n) is 1.63. The minimum absolute atomic E-state index is 0.416. The van der Waals surface area contributed by atoms with E-state index in [4.69, 9.17) is 10.00 Å². The number of hydrogen-bond donors (Lipinski definition) is 0. The van der Waals surface area contributed by atoms with Crippen molar-refractivity contribution in [3.8, 4) is 22.4 Å². The van der Waals surface area contributed by atoms with Gasteiger partial charge in [-0.25, -0.2) is 4.98 Å². The summed E-state index contributed by atoms with van der Waals surface area (Å²) in [5.41, 5.74) is 2.57. The van der Waals surface area contributed by atoms with E-state index in [9.17, 15) is 0 Å². The maximum atomic E-state index is 8.94. The Hall–Kier alpha value is -1.38. The molecule has 0 atom stereocenters. The van der Waals surface area contributed by atoms with Crippen LogP contribution in [0.25, 0.3) is 10.6 Å². The summed E-state index contributed by atoms with van der Waals surface area (Å²) in [6.07, 6.45) is 0.953. The molecule has 1 aromatic heterocycles. The van der Waals surface area contributed by atoms with Crippen molar-refractivity contribution in [2.75, 3.05) is 7.11 Å². The van der Waals surface area contributed by atoms with Crippen LogP contribution in [-0.2, 0) is 6.42 Å². The molecule has 0 unspecified atom stereocenters. The zero-order valence-electron chi connectivity index (χ0n) is 10.0. The molecule has 18 heavy (non-hydrogen) atoms. The molecule has 0 aliphatic heterocycles. The Balaban J connectivity index is 2.57. The highest BCUT2D eigenvalue weighted by Gasteiger charge is 2.14. The van der Waals surface area contributed by atoms with Gasteiger partial charge in [-0.15, -0.1) is 11.3 Å². The van der Waals surface area contributed by atoms with E-state index in [-0.39, 0.29) is 0 Å². The van der Waals surface area contributed by atoms with Gasteiger partial charge in [0, 0.05) is 0 Å². The second-order valence-electron chi connectivity index (χ2n) is 3.64. The molecule has 1 heterocycles. The summed E-state index contributed by atoms with van der Waals surface area (Å²) in [5, 5.41) is 9.74. The van der Waals surface area contributed by atoms with Crippen LogP contribution in [0.4, 0.5) is 0 Å². The van der Waals surface area contributed by atoms with Crippen LogP contribution < -0.4 is 4.74 Å². The first-order chi connectivity index (χ1) is 8.69. The predicted octanol–water partition coefficient (Wildman–Crippen LogP) is 4.02. The number of benzene rings is 1. The van der Waals surface area contributed by atoms with E-state index < -0.39 is 0 Å². The molecule has 0 saturated heterocycles. The van der Waals surface area contributed by atoms with Crippen molar-refractivity contribution in [1.82, 2.24) is 4.98 Å². The van der Waals surface area contributed by atoms with Gasteiger partial charge in [-0.05, 0) is 40.0 Å². The van der Waals surface area contributed by atoms with Crippen LogP contribution in [-0.4, -0.2) is 12.1 Å². The molecule has 0 fully saturated rings. The molecule has 0 N–H and O–H groups in total. The van der Waals surface area contributed by atoms with Crippen molar-refractivity contribution in [3.05, 3.63) is 33.2 Å². The number of ether oxygens (including phenoxy) is 1. The third-order valence-electron chi connectivity index (χ3n) is 2.59. The third kappa shape index (κ3) is 2.40. The lowest BCUT2D eigenvalue weighted by atomic mass is 10.1. The van der Waals surface area contributed by atoms with Gasteiger partial charge in [-0.1, -0.05) is 13.0 Å². The lowest BCUT2D eigenvalue weighted by Crippen LogP contribution is -1.90. The number of aryl methyl sites for hydroxylation is 1. The highest BCUT2D eigenvalue weighted by molar-refractivity contribution is 9.11. The Morgan fingerprint density at radius 3 is 2.83 bits per heavy atom. The zero-order valence-corrected chi connectivity index (χ0v) is 12.4. The fourth-order valence-corrected chi connectivity index (χ4v) is 3.03. The maximum Gasteiger partial charge on any atom is 0.166 e. The summed E-state index contributed by atoms with van der Waals surface area (Å²) < 4.78 is 6.10. The van der Waals surface area contributed by atoms with E-state index in [0.717, 1.165) is 26.5 Å². The predicted molar refractivity (Wildman–Crippen MR) is 75.9 cm³/mol. The summed E-state index contributed by atoms with van der Waals surface area (Å²) in [7, 11) is 1.64. The number of thiazole rings is 1. The van der Waals surface area contributed by atoms with E-state index in [1.807, 2.05) is 12.1 Å². The van der Waals surface area contributed by atoms with E-state index in [2.05, 4.69) is 40.0 Å². The van der Waals surface area contributed by atoms with Crippen LogP contribution in [0, 0.1) is 11.3 Å². The van der Waals surface area contributed by atoms with Gasteiger partial charge in [0.1, 0.15) is 20.6 Å². The van der Waals surface area contributed by atoms with Crippen molar-refractivity contribution in [1.29, 1.82) is 5.26 Å². The van der Waals surface area contributed by atoms with E-state index in [0.29, 0.717) is 5.69 Å². The van der Waals surface area contributed by atoms with Crippen molar-refractivity contribution >= 4 is 27.3 Å². The monoisotopic (exact) mass is 322 g/mol. The molecular formula is C13H11BrN2OS. The highest BCUT2D eigenvalue weighted by Crippen LogP contribution is 2.37. The normalized spacial score (nSPS) is 10.1. The average molecular weight is 323 g/mol. The largest absolute Gasteiger partial charge is 0.496 e. The Morgan fingerprint density at radius 2 is 2.28 bits per heavy atom. The van der Waals surface area contributed by atoms with E-state index in [1.54, 1.807) is 7.11 Å². The topological polar surface area (TPSA) is 45.9 Å². The lowest BCUT2D eigenvalue weighted by Gasteiger charge is -2.07. The van der Waals surface area contributed by atoms with Gasteiger partial charge >= 0.3 is 0 Å². The van der Waals surface area contributed by atoms with Gasteiger partial charge in [-0.3, -0.25) is 0 Å². The van der Waals surface area contributed by atoms with Gasteiger partial charge < -0.3 is 4.74 Å². The van der Waals surface area contributed by atoms with Crippen molar-refractivity contribution in [3.63, 3.8) is 0 Å². The number of halogens is 1. The maximum absolute atomic E-state index is 8.94. The first-order valence-electron chi connectivity index (χ1n) is 5.43. The zero-order chi connectivity index (χ0) is 13.1. The number of aromatic nitrogens is 1. The quantitative estimate of drug-likeness (QED) is 0.857. The Labute approximate surface area is 118 Å². The van der Waals surface area contributed by atoms with Gasteiger partial charge in [0.15, 0.2) is 5.69 Å². The van der Waals surface area contributed by atoms with Gasteiger partial charge in [0.2, 0.25) is 0 Å². The SMILES string of the molecule is CCc1ccc(OC)c(-c2nc(C#N)c(Br)s2)c1. The van der Waals surface area contributed by atoms with Crippen LogP contribution >= 0.6 is 27.3 Å². The molecule has 0 amide bonds. The van der Waals surface area contributed by atoms with E-state index >= 15 is 0 Å². The number of nitriles is 1.